The number of guanidine groups is 1. The number of aryl methyl sites for hydroxylation is 1. The minimum atomic E-state index is 0.103. The molecule has 2 unspecified atom stereocenters. The number of benzene rings is 1. The van der Waals surface area contributed by atoms with Gasteiger partial charge >= 0.3 is 0 Å². The van der Waals surface area contributed by atoms with E-state index in [9.17, 15) is 0 Å². The molecule has 0 bridgehead atoms. The van der Waals surface area contributed by atoms with E-state index in [4.69, 9.17) is 9.47 Å². The summed E-state index contributed by atoms with van der Waals surface area (Å²) in [4.78, 5) is 6.73. The Morgan fingerprint density at radius 1 is 1.30 bits per heavy atom. The van der Waals surface area contributed by atoms with Crippen LogP contribution in [0.25, 0.3) is 0 Å². The summed E-state index contributed by atoms with van der Waals surface area (Å²) in [6.45, 7) is 6.28. The van der Waals surface area contributed by atoms with Gasteiger partial charge in [-0.2, -0.15) is 0 Å². The smallest absolute Gasteiger partial charge is 0.193 e. The Bertz CT molecular complexity index is 541. The highest BCUT2D eigenvalue weighted by Crippen LogP contribution is 2.25. The van der Waals surface area contributed by atoms with Gasteiger partial charge in [-0.05, 0) is 30.9 Å². The molecule has 2 fully saturated rings. The van der Waals surface area contributed by atoms with Crippen LogP contribution < -0.4 is 5.32 Å². The first-order valence-electron chi connectivity index (χ1n) is 8.52. The molecule has 0 radical (unpaired) electrons. The first-order valence-corrected chi connectivity index (χ1v) is 8.52. The molecular weight excluding hydrogens is 290 g/mol. The van der Waals surface area contributed by atoms with Crippen LogP contribution in [0.3, 0.4) is 0 Å². The van der Waals surface area contributed by atoms with Crippen LogP contribution in [-0.4, -0.2) is 56.9 Å². The number of rotatable bonds is 3. The lowest BCUT2D eigenvalue weighted by molar-refractivity contribution is -0.00855. The predicted octanol–water partition coefficient (Wildman–Crippen LogP) is 2.12. The number of nitrogens with one attached hydrogen (secondary N) is 1. The van der Waals surface area contributed by atoms with Gasteiger partial charge in [0, 0.05) is 26.7 Å². The molecule has 3 rings (SSSR count). The third-order valence-electron chi connectivity index (χ3n) is 4.62. The molecule has 0 saturated carbocycles. The Kier molecular flexibility index (Phi) is 5.51. The zero-order valence-electron chi connectivity index (χ0n) is 14.1. The van der Waals surface area contributed by atoms with E-state index in [1.165, 1.54) is 11.1 Å². The molecule has 2 aliphatic heterocycles. The second-order valence-electron chi connectivity index (χ2n) is 6.23. The standard InChI is InChI=1S/C18H27N3O2/c1-14-6-3-4-8-16(14)17-13-21(9-11-23-17)18(19-2)20-12-15-7-5-10-22-15/h3-4,6,8,15,17H,5,7,9-13H2,1-2H3,(H,19,20). The molecule has 1 aromatic carbocycles. The molecule has 5 nitrogen and oxygen atoms in total. The van der Waals surface area contributed by atoms with Crippen molar-refractivity contribution in [2.24, 2.45) is 4.99 Å². The fourth-order valence-corrected chi connectivity index (χ4v) is 3.32. The zero-order valence-corrected chi connectivity index (χ0v) is 14.1. The summed E-state index contributed by atoms with van der Waals surface area (Å²) in [6.07, 6.45) is 2.72. The van der Waals surface area contributed by atoms with Crippen LogP contribution in [0.15, 0.2) is 29.3 Å². The molecule has 5 heteroatoms. The average Bonchev–Trinajstić information content (AvgIpc) is 3.10. The maximum atomic E-state index is 6.00. The van der Waals surface area contributed by atoms with Gasteiger partial charge in [0.2, 0.25) is 0 Å². The summed E-state index contributed by atoms with van der Waals surface area (Å²) in [6, 6.07) is 8.45. The molecule has 0 aromatic heterocycles. The molecule has 2 atom stereocenters. The van der Waals surface area contributed by atoms with E-state index in [1.807, 2.05) is 7.05 Å². The highest BCUT2D eigenvalue weighted by molar-refractivity contribution is 5.80. The molecule has 2 heterocycles. The lowest BCUT2D eigenvalue weighted by Gasteiger charge is -2.36. The van der Waals surface area contributed by atoms with Gasteiger partial charge in [-0.25, -0.2) is 0 Å². The highest BCUT2D eigenvalue weighted by atomic mass is 16.5. The Hall–Kier alpha value is -1.59. The lowest BCUT2D eigenvalue weighted by atomic mass is 10.0. The normalized spacial score (nSPS) is 25.7. The van der Waals surface area contributed by atoms with Gasteiger partial charge in [-0.3, -0.25) is 4.99 Å². The van der Waals surface area contributed by atoms with E-state index in [0.717, 1.165) is 51.6 Å². The molecule has 1 aromatic rings. The van der Waals surface area contributed by atoms with Crippen LogP contribution in [0.2, 0.25) is 0 Å². The average molecular weight is 317 g/mol. The minimum Gasteiger partial charge on any atom is -0.376 e. The SMILES string of the molecule is CN=C(NCC1CCCO1)N1CCOC(c2ccccc2C)C1. The first kappa shape index (κ1) is 16.3. The third-order valence-corrected chi connectivity index (χ3v) is 4.62. The van der Waals surface area contributed by atoms with Crippen LogP contribution in [0.5, 0.6) is 0 Å². The minimum absolute atomic E-state index is 0.103. The maximum Gasteiger partial charge on any atom is 0.193 e. The van der Waals surface area contributed by atoms with Crippen molar-refractivity contribution in [3.8, 4) is 0 Å². The number of nitrogens with zero attached hydrogens (tertiary/aromatic N) is 2. The second-order valence-corrected chi connectivity index (χ2v) is 6.23. The highest BCUT2D eigenvalue weighted by Gasteiger charge is 2.25. The van der Waals surface area contributed by atoms with Crippen LogP contribution in [0, 0.1) is 6.92 Å². The number of morpholine rings is 1. The van der Waals surface area contributed by atoms with E-state index >= 15 is 0 Å². The van der Waals surface area contributed by atoms with Crippen molar-refractivity contribution >= 4 is 5.96 Å². The fraction of sp³-hybridized carbons (Fsp3) is 0.611. The van der Waals surface area contributed by atoms with E-state index in [1.54, 1.807) is 0 Å². The lowest BCUT2D eigenvalue weighted by Crippen LogP contribution is -2.49. The van der Waals surface area contributed by atoms with Crippen molar-refractivity contribution in [1.82, 2.24) is 10.2 Å². The zero-order chi connectivity index (χ0) is 16.1. The van der Waals surface area contributed by atoms with Gasteiger partial charge in [-0.1, -0.05) is 24.3 Å². The van der Waals surface area contributed by atoms with E-state index < -0.39 is 0 Å². The maximum absolute atomic E-state index is 6.00. The number of hydrogen-bond acceptors (Lipinski definition) is 3. The predicted molar refractivity (Wildman–Crippen MR) is 91.8 cm³/mol. The van der Waals surface area contributed by atoms with E-state index in [0.29, 0.717) is 6.10 Å². The van der Waals surface area contributed by atoms with Crippen LogP contribution >= 0.6 is 0 Å². The quantitative estimate of drug-likeness (QED) is 0.685. The third kappa shape index (κ3) is 4.03. The summed E-state index contributed by atoms with van der Waals surface area (Å²) in [7, 11) is 1.84. The van der Waals surface area contributed by atoms with Gasteiger partial charge in [0.25, 0.3) is 0 Å². The number of ether oxygens (including phenoxy) is 2. The topological polar surface area (TPSA) is 46.1 Å². The van der Waals surface area contributed by atoms with E-state index in [2.05, 4.69) is 46.4 Å². The molecule has 2 aliphatic rings. The van der Waals surface area contributed by atoms with Crippen LogP contribution in [0.1, 0.15) is 30.1 Å². The summed E-state index contributed by atoms with van der Waals surface area (Å²) < 4.78 is 11.7. The van der Waals surface area contributed by atoms with Crippen LogP contribution in [-0.2, 0) is 9.47 Å². The van der Waals surface area contributed by atoms with Crippen molar-refractivity contribution in [1.29, 1.82) is 0 Å². The monoisotopic (exact) mass is 317 g/mol. The molecule has 0 aliphatic carbocycles. The van der Waals surface area contributed by atoms with Crippen molar-refractivity contribution in [2.45, 2.75) is 32.0 Å². The Balaban J connectivity index is 1.61. The van der Waals surface area contributed by atoms with Gasteiger partial charge < -0.3 is 19.7 Å². The molecule has 23 heavy (non-hydrogen) atoms. The summed E-state index contributed by atoms with van der Waals surface area (Å²) >= 11 is 0. The Morgan fingerprint density at radius 3 is 2.91 bits per heavy atom. The molecule has 126 valence electrons. The van der Waals surface area contributed by atoms with Crippen molar-refractivity contribution < 1.29 is 9.47 Å². The Morgan fingerprint density at radius 2 is 2.17 bits per heavy atom. The summed E-state index contributed by atoms with van der Waals surface area (Å²) in [5, 5.41) is 3.46. The van der Waals surface area contributed by atoms with Crippen LogP contribution in [0.4, 0.5) is 0 Å². The molecule has 1 N–H and O–H groups in total. The van der Waals surface area contributed by atoms with Gasteiger partial charge in [0.05, 0.1) is 19.3 Å². The van der Waals surface area contributed by atoms with E-state index in [-0.39, 0.29) is 6.10 Å². The Labute approximate surface area is 138 Å². The van der Waals surface area contributed by atoms with Crippen molar-refractivity contribution in [3.05, 3.63) is 35.4 Å². The summed E-state index contributed by atoms with van der Waals surface area (Å²) in [5.41, 5.74) is 2.55. The van der Waals surface area contributed by atoms with Crippen molar-refractivity contribution in [3.63, 3.8) is 0 Å². The molecule has 2 saturated heterocycles. The van der Waals surface area contributed by atoms with Gasteiger partial charge in [0.1, 0.15) is 6.10 Å². The number of hydrogen-bond donors (Lipinski definition) is 1. The second kappa shape index (κ2) is 7.79. The van der Waals surface area contributed by atoms with Gasteiger partial charge in [0.15, 0.2) is 5.96 Å². The molecule has 0 amide bonds. The molecular formula is C18H27N3O2. The molecule has 0 spiro atoms. The fourth-order valence-electron chi connectivity index (χ4n) is 3.32. The van der Waals surface area contributed by atoms with Gasteiger partial charge in [-0.15, -0.1) is 0 Å². The largest absolute Gasteiger partial charge is 0.376 e. The number of aliphatic imine (C=N–C) groups is 1. The van der Waals surface area contributed by atoms with Crippen molar-refractivity contribution in [2.75, 3.05) is 39.9 Å². The summed E-state index contributed by atoms with van der Waals surface area (Å²) in [5.74, 6) is 0.947. The first-order chi connectivity index (χ1) is 11.3.